The number of nitrogens with zero attached hydrogens (tertiary/aromatic N) is 3. The van der Waals surface area contributed by atoms with E-state index in [9.17, 15) is 5.11 Å². The third kappa shape index (κ3) is 3.23. The molecule has 3 heterocycles. The lowest BCUT2D eigenvalue weighted by molar-refractivity contribution is -0.0805. The van der Waals surface area contributed by atoms with Gasteiger partial charge in [0.05, 0.1) is 13.0 Å². The standard InChI is InChI=1S/C17H21N3O3/c21-14-6-3-4-12(8-14)9-16-18-17(19-23-16)15-10-20-7-2-1-5-13(20)11-22-15/h3-4,6,8,13,15,21H,1-2,5,7,9-11H2/t13?,15-/m1/s1. The fourth-order valence-corrected chi connectivity index (χ4v) is 3.45. The van der Waals surface area contributed by atoms with Crippen LogP contribution in [-0.4, -0.2) is 45.9 Å². The molecule has 0 radical (unpaired) electrons. The molecule has 2 atom stereocenters. The first-order chi connectivity index (χ1) is 11.3. The molecule has 1 aromatic heterocycles. The predicted molar refractivity (Wildman–Crippen MR) is 83.1 cm³/mol. The Balaban J connectivity index is 1.43. The molecule has 2 aliphatic rings. The normalized spacial score (nSPS) is 25.2. The van der Waals surface area contributed by atoms with Crippen LogP contribution in [0.4, 0.5) is 0 Å². The van der Waals surface area contributed by atoms with Crippen LogP contribution >= 0.6 is 0 Å². The third-order valence-electron chi connectivity index (χ3n) is 4.68. The van der Waals surface area contributed by atoms with Crippen molar-refractivity contribution in [2.24, 2.45) is 0 Å². The summed E-state index contributed by atoms with van der Waals surface area (Å²) in [5.74, 6) is 1.42. The van der Waals surface area contributed by atoms with E-state index in [0.717, 1.165) is 25.3 Å². The number of ether oxygens (including phenoxy) is 1. The van der Waals surface area contributed by atoms with E-state index in [4.69, 9.17) is 9.26 Å². The Bertz CT molecular complexity index is 673. The number of rotatable bonds is 3. The van der Waals surface area contributed by atoms with Gasteiger partial charge in [0.25, 0.3) is 0 Å². The van der Waals surface area contributed by atoms with Gasteiger partial charge in [-0.25, -0.2) is 0 Å². The van der Waals surface area contributed by atoms with E-state index in [0.29, 0.717) is 24.2 Å². The van der Waals surface area contributed by atoms with Crippen LogP contribution in [0.3, 0.4) is 0 Å². The molecule has 0 spiro atoms. The van der Waals surface area contributed by atoms with Gasteiger partial charge in [-0.2, -0.15) is 4.98 Å². The Morgan fingerprint density at radius 1 is 1.30 bits per heavy atom. The molecule has 0 saturated carbocycles. The molecule has 0 aliphatic carbocycles. The van der Waals surface area contributed by atoms with Crippen LogP contribution in [-0.2, 0) is 11.2 Å². The molecule has 1 N–H and O–H groups in total. The zero-order chi connectivity index (χ0) is 15.6. The lowest BCUT2D eigenvalue weighted by Gasteiger charge is -2.41. The fourth-order valence-electron chi connectivity index (χ4n) is 3.45. The molecule has 6 heteroatoms. The van der Waals surface area contributed by atoms with Crippen LogP contribution in [0.15, 0.2) is 28.8 Å². The van der Waals surface area contributed by atoms with Gasteiger partial charge in [-0.3, -0.25) is 4.90 Å². The van der Waals surface area contributed by atoms with Crippen molar-refractivity contribution in [3.8, 4) is 5.75 Å². The first-order valence-electron chi connectivity index (χ1n) is 8.24. The number of fused-ring (bicyclic) bond motifs is 1. The highest BCUT2D eigenvalue weighted by Gasteiger charge is 2.33. The van der Waals surface area contributed by atoms with Gasteiger partial charge in [0.2, 0.25) is 11.7 Å². The molecule has 2 aromatic rings. The van der Waals surface area contributed by atoms with Crippen molar-refractivity contribution in [2.75, 3.05) is 19.7 Å². The molecule has 0 bridgehead atoms. The van der Waals surface area contributed by atoms with E-state index >= 15 is 0 Å². The Labute approximate surface area is 135 Å². The van der Waals surface area contributed by atoms with Crippen molar-refractivity contribution in [2.45, 2.75) is 37.8 Å². The van der Waals surface area contributed by atoms with Gasteiger partial charge in [0.1, 0.15) is 11.9 Å². The highest BCUT2D eigenvalue weighted by Crippen LogP contribution is 2.28. The Kier molecular flexibility index (Phi) is 4.01. The lowest BCUT2D eigenvalue weighted by atomic mass is 10.0. The minimum absolute atomic E-state index is 0.106. The average molecular weight is 315 g/mol. The molecule has 4 rings (SSSR count). The van der Waals surface area contributed by atoms with E-state index in [1.165, 1.54) is 19.3 Å². The number of benzene rings is 1. The van der Waals surface area contributed by atoms with Crippen molar-refractivity contribution >= 4 is 0 Å². The Morgan fingerprint density at radius 3 is 3.17 bits per heavy atom. The van der Waals surface area contributed by atoms with Crippen LogP contribution in [0.1, 0.15) is 42.6 Å². The summed E-state index contributed by atoms with van der Waals surface area (Å²) in [5.41, 5.74) is 0.945. The zero-order valence-corrected chi connectivity index (χ0v) is 13.0. The molecule has 122 valence electrons. The topological polar surface area (TPSA) is 71.6 Å². The van der Waals surface area contributed by atoms with Crippen LogP contribution in [0.2, 0.25) is 0 Å². The Morgan fingerprint density at radius 2 is 2.26 bits per heavy atom. The van der Waals surface area contributed by atoms with Gasteiger partial charge in [-0.1, -0.05) is 23.7 Å². The number of hydrogen-bond donors (Lipinski definition) is 1. The minimum Gasteiger partial charge on any atom is -0.508 e. The molecule has 6 nitrogen and oxygen atoms in total. The molecular weight excluding hydrogens is 294 g/mol. The first kappa shape index (κ1) is 14.7. The number of phenols is 1. The maximum Gasteiger partial charge on any atom is 0.231 e. The van der Waals surface area contributed by atoms with Crippen LogP contribution < -0.4 is 0 Å². The summed E-state index contributed by atoms with van der Waals surface area (Å²) >= 11 is 0. The molecule has 1 aromatic carbocycles. The largest absolute Gasteiger partial charge is 0.508 e. The number of piperidine rings is 1. The van der Waals surface area contributed by atoms with E-state index in [-0.39, 0.29) is 11.9 Å². The van der Waals surface area contributed by atoms with Gasteiger partial charge in [0.15, 0.2) is 0 Å². The summed E-state index contributed by atoms with van der Waals surface area (Å²) in [5, 5.41) is 13.6. The molecule has 1 unspecified atom stereocenters. The van der Waals surface area contributed by atoms with Crippen molar-refractivity contribution in [1.82, 2.24) is 15.0 Å². The highest BCUT2D eigenvalue weighted by atomic mass is 16.5. The number of morpholine rings is 1. The van der Waals surface area contributed by atoms with E-state index in [2.05, 4.69) is 15.0 Å². The lowest BCUT2D eigenvalue weighted by Crippen LogP contribution is -2.49. The smallest absolute Gasteiger partial charge is 0.231 e. The highest BCUT2D eigenvalue weighted by molar-refractivity contribution is 5.28. The number of aromatic hydroxyl groups is 1. The summed E-state index contributed by atoms with van der Waals surface area (Å²) < 4.78 is 11.3. The second-order valence-electron chi connectivity index (χ2n) is 6.36. The summed E-state index contributed by atoms with van der Waals surface area (Å²) in [4.78, 5) is 6.97. The van der Waals surface area contributed by atoms with Gasteiger partial charge in [0, 0.05) is 12.6 Å². The van der Waals surface area contributed by atoms with Crippen LogP contribution in [0.25, 0.3) is 0 Å². The monoisotopic (exact) mass is 315 g/mol. The quantitative estimate of drug-likeness (QED) is 0.937. The second-order valence-corrected chi connectivity index (χ2v) is 6.36. The molecule has 2 saturated heterocycles. The summed E-state index contributed by atoms with van der Waals surface area (Å²) in [6.45, 7) is 2.73. The first-order valence-corrected chi connectivity index (χ1v) is 8.24. The minimum atomic E-state index is -0.106. The van der Waals surface area contributed by atoms with Crippen molar-refractivity contribution in [1.29, 1.82) is 0 Å². The van der Waals surface area contributed by atoms with Gasteiger partial charge in [-0.05, 0) is 37.1 Å². The fraction of sp³-hybridized carbons (Fsp3) is 0.529. The van der Waals surface area contributed by atoms with Crippen LogP contribution in [0.5, 0.6) is 5.75 Å². The molecule has 2 fully saturated rings. The molecular formula is C17H21N3O3. The van der Waals surface area contributed by atoms with Crippen LogP contribution in [0, 0.1) is 0 Å². The zero-order valence-electron chi connectivity index (χ0n) is 13.0. The van der Waals surface area contributed by atoms with Crippen molar-refractivity contribution in [3.05, 3.63) is 41.5 Å². The molecule has 0 amide bonds. The summed E-state index contributed by atoms with van der Waals surface area (Å²) in [7, 11) is 0. The van der Waals surface area contributed by atoms with E-state index in [1.807, 2.05) is 12.1 Å². The summed E-state index contributed by atoms with van der Waals surface area (Å²) in [6.07, 6.45) is 4.19. The SMILES string of the molecule is Oc1cccc(Cc2nc([C@H]3CN4CCCCC4CO3)no2)c1. The molecule has 2 aliphatic heterocycles. The number of aromatic nitrogens is 2. The second kappa shape index (κ2) is 6.29. The van der Waals surface area contributed by atoms with Gasteiger partial charge >= 0.3 is 0 Å². The number of phenolic OH excluding ortho intramolecular Hbond substituents is 1. The van der Waals surface area contributed by atoms with Gasteiger partial charge < -0.3 is 14.4 Å². The third-order valence-corrected chi connectivity index (χ3v) is 4.68. The van der Waals surface area contributed by atoms with E-state index in [1.54, 1.807) is 12.1 Å². The Hall–Kier alpha value is -1.92. The summed E-state index contributed by atoms with van der Waals surface area (Å²) in [6, 6.07) is 7.65. The van der Waals surface area contributed by atoms with Crippen molar-refractivity contribution < 1.29 is 14.4 Å². The molecule has 23 heavy (non-hydrogen) atoms. The maximum absolute atomic E-state index is 9.52. The van der Waals surface area contributed by atoms with Crippen molar-refractivity contribution in [3.63, 3.8) is 0 Å². The number of hydrogen-bond acceptors (Lipinski definition) is 6. The average Bonchev–Trinajstić information content (AvgIpc) is 3.03. The maximum atomic E-state index is 9.52. The van der Waals surface area contributed by atoms with Gasteiger partial charge in [-0.15, -0.1) is 0 Å². The van der Waals surface area contributed by atoms with E-state index < -0.39 is 0 Å². The predicted octanol–water partition coefficient (Wildman–Crippen LogP) is 2.29.